The van der Waals surface area contributed by atoms with E-state index in [1.54, 1.807) is 14.2 Å². The highest BCUT2D eigenvalue weighted by Gasteiger charge is 2.25. The van der Waals surface area contributed by atoms with E-state index in [2.05, 4.69) is 9.99 Å². The minimum Gasteiger partial charge on any atom is -0.497 e. The Hall–Kier alpha value is -2.51. The standard InChI is InChI=1S/C25H35N3O4/c1-18-21(25(29)26-27-11-13-32-14-12-27)16-23(28(18)17-19-7-5-4-6-8-19)22-15-20(30-2)9-10-24(22)31-3/h9-10,15-16,19H,4-8,11-14,17H2,1-3H3,(H,26,29). The molecule has 1 aliphatic heterocycles. The number of aromatic nitrogens is 1. The summed E-state index contributed by atoms with van der Waals surface area (Å²) in [5.41, 5.74) is 6.69. The molecule has 0 bridgehead atoms. The minimum atomic E-state index is -0.0742. The Morgan fingerprint density at radius 2 is 1.84 bits per heavy atom. The molecule has 1 amide bonds. The second kappa shape index (κ2) is 10.4. The maximum Gasteiger partial charge on any atom is 0.267 e. The monoisotopic (exact) mass is 441 g/mol. The van der Waals surface area contributed by atoms with E-state index in [1.807, 2.05) is 36.2 Å². The lowest BCUT2D eigenvalue weighted by Gasteiger charge is -2.27. The van der Waals surface area contributed by atoms with Crippen molar-refractivity contribution in [2.75, 3.05) is 40.5 Å². The lowest BCUT2D eigenvalue weighted by Crippen LogP contribution is -2.48. The van der Waals surface area contributed by atoms with E-state index >= 15 is 0 Å². The highest BCUT2D eigenvalue weighted by atomic mass is 16.5. The summed E-state index contributed by atoms with van der Waals surface area (Å²) in [5, 5.41) is 1.94. The average Bonchev–Trinajstić information content (AvgIpc) is 3.16. The van der Waals surface area contributed by atoms with E-state index in [0.29, 0.717) is 37.8 Å². The Kier molecular flexibility index (Phi) is 7.37. The Morgan fingerprint density at radius 1 is 1.09 bits per heavy atom. The summed E-state index contributed by atoms with van der Waals surface area (Å²) in [4.78, 5) is 13.2. The predicted molar refractivity (Wildman–Crippen MR) is 124 cm³/mol. The molecule has 174 valence electrons. The minimum absolute atomic E-state index is 0.0742. The van der Waals surface area contributed by atoms with Crippen LogP contribution in [0.4, 0.5) is 0 Å². The van der Waals surface area contributed by atoms with Crippen LogP contribution in [0, 0.1) is 12.8 Å². The van der Waals surface area contributed by atoms with Crippen molar-refractivity contribution in [3.05, 3.63) is 35.5 Å². The fourth-order valence-corrected chi connectivity index (χ4v) is 4.85. The van der Waals surface area contributed by atoms with Gasteiger partial charge in [-0.2, -0.15) is 0 Å². The van der Waals surface area contributed by atoms with E-state index in [4.69, 9.17) is 14.2 Å². The van der Waals surface area contributed by atoms with Crippen LogP contribution >= 0.6 is 0 Å². The van der Waals surface area contributed by atoms with Gasteiger partial charge in [0.2, 0.25) is 0 Å². The van der Waals surface area contributed by atoms with Gasteiger partial charge >= 0.3 is 0 Å². The van der Waals surface area contributed by atoms with E-state index in [1.165, 1.54) is 32.1 Å². The molecule has 4 rings (SSSR count). The summed E-state index contributed by atoms with van der Waals surface area (Å²) in [6, 6.07) is 7.82. The largest absolute Gasteiger partial charge is 0.497 e. The molecule has 0 atom stereocenters. The van der Waals surface area contributed by atoms with Gasteiger partial charge in [0.05, 0.1) is 38.7 Å². The van der Waals surface area contributed by atoms with E-state index in [-0.39, 0.29) is 5.91 Å². The first kappa shape index (κ1) is 22.7. The fraction of sp³-hybridized carbons (Fsp3) is 0.560. The number of methoxy groups -OCH3 is 2. The summed E-state index contributed by atoms with van der Waals surface area (Å²) in [6.07, 6.45) is 6.37. The molecule has 2 fully saturated rings. The molecule has 0 spiro atoms. The number of morpholine rings is 1. The first-order valence-corrected chi connectivity index (χ1v) is 11.7. The van der Waals surface area contributed by atoms with Crippen LogP contribution in [0.5, 0.6) is 11.5 Å². The summed E-state index contributed by atoms with van der Waals surface area (Å²) < 4.78 is 18.9. The van der Waals surface area contributed by atoms with E-state index in [0.717, 1.165) is 35.0 Å². The van der Waals surface area contributed by atoms with E-state index < -0.39 is 0 Å². The summed E-state index contributed by atoms with van der Waals surface area (Å²) >= 11 is 0. The van der Waals surface area contributed by atoms with Gasteiger partial charge in [-0.05, 0) is 49.9 Å². The molecule has 7 heteroatoms. The van der Waals surface area contributed by atoms with Crippen LogP contribution < -0.4 is 14.9 Å². The highest BCUT2D eigenvalue weighted by Crippen LogP contribution is 2.37. The fourth-order valence-electron chi connectivity index (χ4n) is 4.85. The zero-order valence-electron chi connectivity index (χ0n) is 19.5. The molecule has 1 aromatic carbocycles. The second-order valence-corrected chi connectivity index (χ2v) is 8.75. The normalized spacial score (nSPS) is 17.8. The third kappa shape index (κ3) is 4.94. The second-order valence-electron chi connectivity index (χ2n) is 8.75. The Balaban J connectivity index is 1.72. The highest BCUT2D eigenvalue weighted by molar-refractivity contribution is 5.97. The molecular formula is C25H35N3O4. The first-order chi connectivity index (χ1) is 15.6. The quantitative estimate of drug-likeness (QED) is 0.703. The maximum absolute atomic E-state index is 13.2. The van der Waals surface area contributed by atoms with Crippen LogP contribution in [0.1, 0.15) is 48.2 Å². The Morgan fingerprint density at radius 3 is 2.53 bits per heavy atom. The number of carbonyl (C=O) groups excluding carboxylic acids is 1. The number of hydrogen-bond donors (Lipinski definition) is 1. The smallest absolute Gasteiger partial charge is 0.267 e. The van der Waals surface area contributed by atoms with Crippen molar-refractivity contribution in [3.8, 4) is 22.8 Å². The van der Waals surface area contributed by atoms with Crippen LogP contribution in [0.15, 0.2) is 24.3 Å². The molecule has 2 heterocycles. The van der Waals surface area contributed by atoms with Crippen molar-refractivity contribution >= 4 is 5.91 Å². The van der Waals surface area contributed by atoms with Crippen molar-refractivity contribution in [1.29, 1.82) is 0 Å². The molecule has 1 N–H and O–H groups in total. The first-order valence-electron chi connectivity index (χ1n) is 11.7. The summed E-state index contributed by atoms with van der Waals surface area (Å²) in [5.74, 6) is 2.09. The van der Waals surface area contributed by atoms with Crippen LogP contribution in [-0.4, -0.2) is 56.0 Å². The van der Waals surface area contributed by atoms with Gasteiger partial charge in [-0.3, -0.25) is 10.2 Å². The van der Waals surface area contributed by atoms with Crippen LogP contribution in [0.2, 0.25) is 0 Å². The lowest BCUT2D eigenvalue weighted by molar-refractivity contribution is 0.0126. The van der Waals surface area contributed by atoms with Crippen molar-refractivity contribution in [3.63, 3.8) is 0 Å². The number of amides is 1. The molecular weight excluding hydrogens is 406 g/mol. The zero-order valence-corrected chi connectivity index (χ0v) is 19.5. The van der Waals surface area contributed by atoms with Crippen molar-refractivity contribution in [2.45, 2.75) is 45.6 Å². The number of carbonyl (C=O) groups is 1. The molecule has 2 aliphatic rings. The van der Waals surface area contributed by atoms with Crippen molar-refractivity contribution in [1.82, 2.24) is 15.0 Å². The van der Waals surface area contributed by atoms with Gasteiger partial charge in [0.15, 0.2) is 0 Å². The SMILES string of the molecule is COc1ccc(OC)c(-c2cc(C(=O)NN3CCOCC3)c(C)n2CC2CCCCC2)c1. The number of nitrogens with one attached hydrogen (secondary N) is 1. The van der Waals surface area contributed by atoms with Crippen LogP contribution in [0.25, 0.3) is 11.3 Å². The number of hydrogen-bond acceptors (Lipinski definition) is 5. The molecule has 32 heavy (non-hydrogen) atoms. The number of rotatable bonds is 7. The number of hydrazine groups is 1. The van der Waals surface area contributed by atoms with Gasteiger partial charge in [0, 0.05) is 30.9 Å². The lowest BCUT2D eigenvalue weighted by atomic mass is 9.89. The zero-order chi connectivity index (χ0) is 22.5. The molecule has 1 saturated carbocycles. The van der Waals surface area contributed by atoms with Gasteiger partial charge in [0.1, 0.15) is 11.5 Å². The third-order valence-corrected chi connectivity index (χ3v) is 6.73. The van der Waals surface area contributed by atoms with Gasteiger partial charge in [-0.15, -0.1) is 0 Å². The Labute approximate surface area is 190 Å². The van der Waals surface area contributed by atoms with Gasteiger partial charge in [0.25, 0.3) is 5.91 Å². The average molecular weight is 442 g/mol. The molecule has 1 saturated heterocycles. The van der Waals surface area contributed by atoms with Crippen molar-refractivity contribution in [2.24, 2.45) is 5.92 Å². The Bertz CT molecular complexity index is 928. The molecule has 1 aliphatic carbocycles. The summed E-state index contributed by atoms with van der Waals surface area (Å²) in [7, 11) is 3.34. The number of benzene rings is 1. The maximum atomic E-state index is 13.2. The topological polar surface area (TPSA) is 65.0 Å². The van der Waals surface area contributed by atoms with Gasteiger partial charge < -0.3 is 18.8 Å². The number of ether oxygens (including phenoxy) is 3. The van der Waals surface area contributed by atoms with Crippen LogP contribution in [0.3, 0.4) is 0 Å². The number of nitrogens with zero attached hydrogens (tertiary/aromatic N) is 2. The summed E-state index contributed by atoms with van der Waals surface area (Å²) in [6.45, 7) is 5.62. The van der Waals surface area contributed by atoms with Crippen LogP contribution in [-0.2, 0) is 11.3 Å². The van der Waals surface area contributed by atoms with Gasteiger partial charge in [-0.25, -0.2) is 5.01 Å². The molecule has 0 radical (unpaired) electrons. The molecule has 7 nitrogen and oxygen atoms in total. The van der Waals surface area contributed by atoms with E-state index in [9.17, 15) is 4.79 Å². The molecule has 1 aromatic heterocycles. The van der Waals surface area contributed by atoms with Gasteiger partial charge in [-0.1, -0.05) is 19.3 Å². The third-order valence-electron chi connectivity index (χ3n) is 6.73. The van der Waals surface area contributed by atoms with Crippen molar-refractivity contribution < 1.29 is 19.0 Å². The molecule has 0 unspecified atom stereocenters. The predicted octanol–water partition coefficient (Wildman–Crippen LogP) is 4.04. The molecule has 2 aromatic rings.